The molecule has 0 aliphatic carbocycles. The summed E-state index contributed by atoms with van der Waals surface area (Å²) < 4.78 is 11.3. The van der Waals surface area contributed by atoms with Gasteiger partial charge in [-0.2, -0.15) is 0 Å². The van der Waals surface area contributed by atoms with E-state index in [2.05, 4.69) is 30.1 Å². The monoisotopic (exact) mass is 246 g/mol. The summed E-state index contributed by atoms with van der Waals surface area (Å²) in [6, 6.07) is 6.03. The van der Waals surface area contributed by atoms with E-state index in [4.69, 9.17) is 9.26 Å². The number of aromatic nitrogens is 1. The Morgan fingerprint density at radius 2 is 2.11 bits per heavy atom. The molecule has 3 rings (SSSR count). The zero-order chi connectivity index (χ0) is 12.5. The van der Waals surface area contributed by atoms with Crippen LogP contribution in [0.1, 0.15) is 18.4 Å². The van der Waals surface area contributed by atoms with E-state index in [1.165, 1.54) is 5.56 Å². The smallest absolute Gasteiger partial charge is 0.262 e. The highest BCUT2D eigenvalue weighted by Crippen LogP contribution is 2.28. The lowest BCUT2D eigenvalue weighted by Gasteiger charge is -2.28. The van der Waals surface area contributed by atoms with E-state index in [1.807, 2.05) is 12.1 Å². The van der Waals surface area contributed by atoms with Crippen LogP contribution in [-0.4, -0.2) is 36.3 Å². The number of hydrogen-bond acceptors (Lipinski definition) is 4. The highest BCUT2D eigenvalue weighted by atomic mass is 16.5. The Bertz CT molecular complexity index is 542. The third-order valence-corrected chi connectivity index (χ3v) is 3.54. The molecule has 0 amide bonds. The molecule has 4 heteroatoms. The van der Waals surface area contributed by atoms with Gasteiger partial charge in [0.25, 0.3) is 5.88 Å². The molecule has 2 heterocycles. The fraction of sp³-hybridized carbons (Fsp3) is 0.500. The number of fused-ring (bicyclic) bond motifs is 1. The lowest BCUT2D eigenvalue weighted by atomic mass is 10.1. The second-order valence-corrected chi connectivity index (χ2v) is 5.11. The molecule has 96 valence electrons. The summed E-state index contributed by atoms with van der Waals surface area (Å²) in [6.45, 7) is 4.23. The summed E-state index contributed by atoms with van der Waals surface area (Å²) in [5.41, 5.74) is 1.99. The normalized spacial score (nSPS) is 18.3. The van der Waals surface area contributed by atoms with E-state index in [0.29, 0.717) is 5.88 Å². The minimum absolute atomic E-state index is 0.259. The standard InChI is InChI=1S/C14H18N2O2/c1-10-3-4-13-12(9-10)14(15-18-13)17-11-5-7-16(2)8-6-11/h3-4,9,11H,5-8H2,1-2H3. The first-order valence-corrected chi connectivity index (χ1v) is 6.43. The van der Waals surface area contributed by atoms with Crippen molar-refractivity contribution in [2.24, 2.45) is 0 Å². The maximum Gasteiger partial charge on any atom is 0.262 e. The first-order chi connectivity index (χ1) is 8.72. The van der Waals surface area contributed by atoms with Gasteiger partial charge in [0, 0.05) is 13.1 Å². The highest BCUT2D eigenvalue weighted by Gasteiger charge is 2.20. The van der Waals surface area contributed by atoms with Gasteiger partial charge < -0.3 is 14.2 Å². The minimum atomic E-state index is 0.259. The Hall–Kier alpha value is -1.55. The molecule has 18 heavy (non-hydrogen) atoms. The number of likely N-dealkylation sites (tertiary alicyclic amines) is 1. The van der Waals surface area contributed by atoms with Crippen molar-refractivity contribution < 1.29 is 9.26 Å². The molecule has 0 unspecified atom stereocenters. The van der Waals surface area contributed by atoms with E-state index in [1.54, 1.807) is 0 Å². The van der Waals surface area contributed by atoms with E-state index in [0.717, 1.165) is 36.9 Å². The molecule has 1 saturated heterocycles. The van der Waals surface area contributed by atoms with Gasteiger partial charge in [-0.3, -0.25) is 0 Å². The van der Waals surface area contributed by atoms with Gasteiger partial charge in [-0.25, -0.2) is 0 Å². The number of hydrogen-bond donors (Lipinski definition) is 0. The van der Waals surface area contributed by atoms with Crippen LogP contribution in [-0.2, 0) is 0 Å². The first-order valence-electron chi connectivity index (χ1n) is 6.43. The van der Waals surface area contributed by atoms with Crippen molar-refractivity contribution in [1.29, 1.82) is 0 Å². The molecule has 1 aromatic heterocycles. The summed E-state index contributed by atoms with van der Waals surface area (Å²) in [4.78, 5) is 2.32. The van der Waals surface area contributed by atoms with Crippen LogP contribution in [0.3, 0.4) is 0 Å². The van der Waals surface area contributed by atoms with Crippen LogP contribution in [0.5, 0.6) is 5.88 Å². The summed E-state index contributed by atoms with van der Waals surface area (Å²) in [6.07, 6.45) is 2.36. The van der Waals surface area contributed by atoms with Crippen LogP contribution in [0.4, 0.5) is 0 Å². The minimum Gasteiger partial charge on any atom is -0.472 e. The van der Waals surface area contributed by atoms with Gasteiger partial charge in [-0.1, -0.05) is 11.6 Å². The average Bonchev–Trinajstić information content (AvgIpc) is 2.75. The molecule has 0 N–H and O–H groups in total. The van der Waals surface area contributed by atoms with Crippen molar-refractivity contribution in [1.82, 2.24) is 10.1 Å². The van der Waals surface area contributed by atoms with Crippen LogP contribution in [0.25, 0.3) is 11.0 Å². The van der Waals surface area contributed by atoms with Crippen molar-refractivity contribution in [2.75, 3.05) is 20.1 Å². The van der Waals surface area contributed by atoms with Crippen molar-refractivity contribution >= 4 is 11.0 Å². The Balaban J connectivity index is 1.80. The molecule has 0 saturated carbocycles. The van der Waals surface area contributed by atoms with Crippen LogP contribution in [0, 0.1) is 6.92 Å². The molecule has 2 aromatic rings. The lowest BCUT2D eigenvalue weighted by Crippen LogP contribution is -2.35. The fourth-order valence-corrected chi connectivity index (χ4v) is 2.38. The first kappa shape index (κ1) is 11.5. The van der Waals surface area contributed by atoms with E-state index in [9.17, 15) is 0 Å². The van der Waals surface area contributed by atoms with Crippen LogP contribution >= 0.6 is 0 Å². The molecule has 0 spiro atoms. The predicted molar refractivity (Wildman–Crippen MR) is 69.9 cm³/mol. The summed E-state index contributed by atoms with van der Waals surface area (Å²) in [7, 11) is 2.14. The fourth-order valence-electron chi connectivity index (χ4n) is 2.38. The van der Waals surface area contributed by atoms with Gasteiger partial charge in [-0.15, -0.1) is 0 Å². The maximum absolute atomic E-state index is 5.98. The topological polar surface area (TPSA) is 38.5 Å². The molecule has 4 nitrogen and oxygen atoms in total. The van der Waals surface area contributed by atoms with Crippen molar-refractivity contribution in [3.05, 3.63) is 23.8 Å². The Kier molecular flexibility index (Phi) is 2.96. The zero-order valence-electron chi connectivity index (χ0n) is 10.8. The average molecular weight is 246 g/mol. The van der Waals surface area contributed by atoms with Gasteiger partial charge in [0.2, 0.25) is 0 Å². The Morgan fingerprint density at radius 3 is 2.89 bits per heavy atom. The molecule has 1 aliphatic heterocycles. The Labute approximate surface area is 107 Å². The van der Waals surface area contributed by atoms with E-state index < -0.39 is 0 Å². The third-order valence-electron chi connectivity index (χ3n) is 3.54. The summed E-state index contributed by atoms with van der Waals surface area (Å²) in [5.74, 6) is 0.642. The molecule has 1 aromatic carbocycles. The Morgan fingerprint density at radius 1 is 1.33 bits per heavy atom. The molecular formula is C14H18N2O2. The maximum atomic E-state index is 5.98. The van der Waals surface area contributed by atoms with Crippen molar-refractivity contribution in [3.8, 4) is 5.88 Å². The lowest BCUT2D eigenvalue weighted by molar-refractivity contribution is 0.107. The second kappa shape index (κ2) is 4.61. The third kappa shape index (κ3) is 2.20. The van der Waals surface area contributed by atoms with E-state index in [-0.39, 0.29) is 6.10 Å². The van der Waals surface area contributed by atoms with Crippen LogP contribution < -0.4 is 4.74 Å². The van der Waals surface area contributed by atoms with Gasteiger partial charge >= 0.3 is 0 Å². The molecule has 1 aliphatic rings. The van der Waals surface area contributed by atoms with Gasteiger partial charge in [0.1, 0.15) is 6.10 Å². The molecular weight excluding hydrogens is 228 g/mol. The zero-order valence-corrected chi connectivity index (χ0v) is 10.8. The van der Waals surface area contributed by atoms with Crippen LogP contribution in [0.2, 0.25) is 0 Å². The molecule has 0 atom stereocenters. The quantitative estimate of drug-likeness (QED) is 0.816. The molecule has 0 bridgehead atoms. The number of benzene rings is 1. The number of aryl methyl sites for hydroxylation is 1. The number of piperidine rings is 1. The van der Waals surface area contributed by atoms with Gasteiger partial charge in [0.05, 0.1) is 5.39 Å². The van der Waals surface area contributed by atoms with E-state index >= 15 is 0 Å². The van der Waals surface area contributed by atoms with Crippen molar-refractivity contribution in [2.45, 2.75) is 25.9 Å². The molecule has 1 fully saturated rings. The summed E-state index contributed by atoms with van der Waals surface area (Å²) in [5, 5.41) is 5.02. The number of rotatable bonds is 2. The number of ether oxygens (including phenoxy) is 1. The second-order valence-electron chi connectivity index (χ2n) is 5.11. The van der Waals surface area contributed by atoms with Gasteiger partial charge in [0.15, 0.2) is 5.58 Å². The number of nitrogens with zero attached hydrogens (tertiary/aromatic N) is 2. The van der Waals surface area contributed by atoms with Crippen LogP contribution in [0.15, 0.2) is 22.7 Å². The summed E-state index contributed by atoms with van der Waals surface area (Å²) >= 11 is 0. The predicted octanol–water partition coefficient (Wildman–Crippen LogP) is 2.61. The SMILES string of the molecule is Cc1ccc2onc(OC3CCN(C)CC3)c2c1. The van der Waals surface area contributed by atoms with Crippen molar-refractivity contribution in [3.63, 3.8) is 0 Å². The highest BCUT2D eigenvalue weighted by molar-refractivity contribution is 5.82. The molecule has 0 radical (unpaired) electrons. The van der Waals surface area contributed by atoms with Gasteiger partial charge in [-0.05, 0) is 44.1 Å². The largest absolute Gasteiger partial charge is 0.472 e.